The summed E-state index contributed by atoms with van der Waals surface area (Å²) in [7, 11) is -4.26. The second-order valence-corrected chi connectivity index (χ2v) is 2.35. The van der Waals surface area contributed by atoms with E-state index in [1.807, 2.05) is 0 Å². The summed E-state index contributed by atoms with van der Waals surface area (Å²) in [5.41, 5.74) is 4.87. The van der Waals surface area contributed by atoms with Crippen LogP contribution in [-0.4, -0.2) is 60.7 Å². The first-order valence-corrected chi connectivity index (χ1v) is 3.49. The van der Waals surface area contributed by atoms with Crippen molar-refractivity contribution in [3.8, 4) is 0 Å². The van der Waals surface area contributed by atoms with E-state index in [4.69, 9.17) is 15.5 Å². The van der Waals surface area contributed by atoms with E-state index in [1.54, 1.807) is 0 Å². The van der Waals surface area contributed by atoms with Crippen LogP contribution in [0.3, 0.4) is 0 Å². The molecule has 0 aliphatic carbocycles. The molecule has 9 heavy (non-hydrogen) atoms. The van der Waals surface area contributed by atoms with Crippen LogP contribution in [0.5, 0.6) is 0 Å². The fourth-order valence-electron chi connectivity index (χ4n) is 0.172. The summed E-state index contributed by atoms with van der Waals surface area (Å²) in [5.74, 6) is 0. The molecule has 4 N–H and O–H groups in total. The maximum atomic E-state index is 9.81. The molecule has 0 aliphatic heterocycles. The SMILES string of the molecule is NCCOP(=O)(O)O.[Ca]. The molecule has 0 heterocycles. The molecule has 0 amide bonds. The molecule has 0 aromatic rings. The van der Waals surface area contributed by atoms with Gasteiger partial charge in [-0.2, -0.15) is 0 Å². The van der Waals surface area contributed by atoms with E-state index in [9.17, 15) is 4.57 Å². The summed E-state index contributed by atoms with van der Waals surface area (Å²) in [5, 5.41) is 0. The molecule has 0 aliphatic rings. The molecule has 0 saturated carbocycles. The van der Waals surface area contributed by atoms with Crippen molar-refractivity contribution < 1.29 is 18.9 Å². The Balaban J connectivity index is 0. The Hall–Kier alpha value is 1.33. The van der Waals surface area contributed by atoms with Crippen molar-refractivity contribution in [2.45, 2.75) is 0 Å². The van der Waals surface area contributed by atoms with Crippen molar-refractivity contribution in [2.24, 2.45) is 5.73 Å². The zero-order valence-corrected chi connectivity index (χ0v) is 7.96. The summed E-state index contributed by atoms with van der Waals surface area (Å²) in [4.78, 5) is 16.0. The third-order valence-electron chi connectivity index (χ3n) is 0.377. The fraction of sp³-hybridized carbons (Fsp3) is 1.00. The third kappa shape index (κ3) is 12.5. The van der Waals surface area contributed by atoms with Gasteiger partial charge in [0, 0.05) is 44.3 Å². The summed E-state index contributed by atoms with van der Waals surface area (Å²) in [6.07, 6.45) is 0. The maximum absolute atomic E-state index is 9.81. The predicted octanol–water partition coefficient (Wildman–Crippen LogP) is -1.33. The topological polar surface area (TPSA) is 92.8 Å². The second-order valence-electron chi connectivity index (χ2n) is 1.11. The minimum atomic E-state index is -4.26. The number of hydrogen-bond donors (Lipinski definition) is 3. The summed E-state index contributed by atoms with van der Waals surface area (Å²) in [6, 6.07) is 0. The molecule has 0 aromatic carbocycles. The summed E-state index contributed by atoms with van der Waals surface area (Å²) < 4.78 is 13.7. The van der Waals surface area contributed by atoms with Gasteiger partial charge in [0.15, 0.2) is 0 Å². The standard InChI is InChI=1S/C2H8NO4P.Ca/c3-1-2-7-8(4,5)6;/h1-3H2,(H2,4,5,6);. The average molecular weight is 181 g/mol. The first-order chi connectivity index (χ1) is 3.56. The van der Waals surface area contributed by atoms with E-state index >= 15 is 0 Å². The van der Waals surface area contributed by atoms with Crippen molar-refractivity contribution in [3.05, 3.63) is 0 Å². The number of phosphoric acid groups is 1. The van der Waals surface area contributed by atoms with Crippen molar-refractivity contribution in [1.82, 2.24) is 0 Å². The van der Waals surface area contributed by atoms with E-state index in [-0.39, 0.29) is 50.9 Å². The Morgan fingerprint density at radius 1 is 1.56 bits per heavy atom. The number of phosphoric ester groups is 1. The van der Waals surface area contributed by atoms with Crippen LogP contribution in [0.2, 0.25) is 0 Å². The van der Waals surface area contributed by atoms with Crippen LogP contribution in [-0.2, 0) is 9.09 Å². The molecule has 5 nitrogen and oxygen atoms in total. The Morgan fingerprint density at radius 3 is 2.11 bits per heavy atom. The molecular formula is C2H8CaNO4P. The van der Waals surface area contributed by atoms with Crippen molar-refractivity contribution in [3.63, 3.8) is 0 Å². The zero-order chi connectivity index (χ0) is 6.62. The predicted molar refractivity (Wildman–Crippen MR) is 32.8 cm³/mol. The summed E-state index contributed by atoms with van der Waals surface area (Å²) >= 11 is 0. The van der Waals surface area contributed by atoms with Crippen LogP contribution in [0, 0.1) is 0 Å². The number of hydrogen-bond acceptors (Lipinski definition) is 3. The van der Waals surface area contributed by atoms with Crippen LogP contribution >= 0.6 is 7.82 Å². The van der Waals surface area contributed by atoms with E-state index in [2.05, 4.69) is 4.52 Å². The quantitative estimate of drug-likeness (QED) is 0.370. The molecule has 0 fully saturated rings. The van der Waals surface area contributed by atoms with E-state index in [0.717, 1.165) is 0 Å². The van der Waals surface area contributed by atoms with Gasteiger partial charge in [0.25, 0.3) is 0 Å². The molecule has 0 unspecified atom stereocenters. The van der Waals surface area contributed by atoms with Gasteiger partial charge in [-0.05, 0) is 0 Å². The molecule has 0 atom stereocenters. The maximum Gasteiger partial charge on any atom is 0.469 e. The van der Waals surface area contributed by atoms with Crippen LogP contribution in [0.1, 0.15) is 0 Å². The van der Waals surface area contributed by atoms with Gasteiger partial charge in [-0.1, -0.05) is 0 Å². The van der Waals surface area contributed by atoms with Crippen LogP contribution < -0.4 is 5.73 Å². The van der Waals surface area contributed by atoms with Crippen molar-refractivity contribution in [2.75, 3.05) is 13.2 Å². The first-order valence-electron chi connectivity index (χ1n) is 1.96. The van der Waals surface area contributed by atoms with Crippen LogP contribution in [0.4, 0.5) is 0 Å². The van der Waals surface area contributed by atoms with E-state index < -0.39 is 7.82 Å². The summed E-state index contributed by atoms with van der Waals surface area (Å²) in [6.45, 7) is 0.00931. The molecule has 0 spiro atoms. The fourth-order valence-corrected chi connectivity index (χ4v) is 0.515. The van der Waals surface area contributed by atoms with Crippen molar-refractivity contribution >= 4 is 45.6 Å². The first kappa shape index (κ1) is 13.0. The minimum absolute atomic E-state index is 0. The Labute approximate surface area is 82.8 Å². The van der Waals surface area contributed by atoms with Crippen LogP contribution in [0.15, 0.2) is 0 Å². The Bertz CT molecular complexity index is 103. The Kier molecular flexibility index (Phi) is 8.74. The molecule has 0 aromatic heterocycles. The second kappa shape index (κ2) is 6.07. The minimum Gasteiger partial charge on any atom is -0.328 e. The van der Waals surface area contributed by atoms with Crippen molar-refractivity contribution in [1.29, 1.82) is 0 Å². The third-order valence-corrected chi connectivity index (χ3v) is 0.896. The molecule has 7 heteroatoms. The van der Waals surface area contributed by atoms with Gasteiger partial charge in [0.2, 0.25) is 0 Å². The number of nitrogens with two attached hydrogens (primary N) is 1. The average Bonchev–Trinajstić information content (AvgIpc) is 1.59. The van der Waals surface area contributed by atoms with Gasteiger partial charge in [-0.15, -0.1) is 0 Å². The van der Waals surface area contributed by atoms with Gasteiger partial charge >= 0.3 is 7.82 Å². The van der Waals surface area contributed by atoms with Gasteiger partial charge < -0.3 is 15.5 Å². The monoisotopic (exact) mass is 181 g/mol. The normalized spacial score (nSPS) is 10.6. The van der Waals surface area contributed by atoms with Gasteiger partial charge in [-0.25, -0.2) is 4.57 Å². The van der Waals surface area contributed by atoms with E-state index in [1.165, 1.54) is 0 Å². The van der Waals surface area contributed by atoms with Gasteiger partial charge in [-0.3, -0.25) is 4.52 Å². The van der Waals surface area contributed by atoms with Gasteiger partial charge in [0.05, 0.1) is 6.61 Å². The Morgan fingerprint density at radius 2 is 2.00 bits per heavy atom. The molecule has 0 saturated heterocycles. The number of rotatable bonds is 3. The van der Waals surface area contributed by atoms with Crippen LogP contribution in [0.25, 0.3) is 0 Å². The van der Waals surface area contributed by atoms with E-state index in [0.29, 0.717) is 0 Å². The van der Waals surface area contributed by atoms with Gasteiger partial charge in [0.1, 0.15) is 0 Å². The molecule has 0 bridgehead atoms. The molecule has 0 rings (SSSR count). The smallest absolute Gasteiger partial charge is 0.328 e. The molecule has 52 valence electrons. The zero-order valence-electron chi connectivity index (χ0n) is 4.86. The largest absolute Gasteiger partial charge is 0.469 e. The molecular weight excluding hydrogens is 173 g/mol. The molecule has 2 radical (unpaired) electrons.